The number of hydrazone groups is 1. The minimum atomic E-state index is -2.14. The van der Waals surface area contributed by atoms with Crippen LogP contribution in [0.3, 0.4) is 0 Å². The van der Waals surface area contributed by atoms with Gasteiger partial charge in [0, 0.05) is 17.7 Å². The summed E-state index contributed by atoms with van der Waals surface area (Å²) in [5.41, 5.74) is 15.9. The standard InChI is InChI=1S/C17H20N8O4S3/c18-16(24-25-20)13-8(9-2-1-3-10-14(9)23-17(19)30-10)4-5-11(15(13)31(21)28)32(29)22-7-6-12(26)27/h1-5,22,25H,6-7,20-21H2,(H2,18,24)(H2,19,23)(H,26,27). The van der Waals surface area contributed by atoms with E-state index in [0.29, 0.717) is 21.8 Å². The van der Waals surface area contributed by atoms with E-state index < -0.39 is 27.9 Å². The van der Waals surface area contributed by atoms with Gasteiger partial charge in [0.05, 0.1) is 26.4 Å². The molecule has 0 aliphatic carbocycles. The van der Waals surface area contributed by atoms with E-state index in [2.05, 4.69) is 20.3 Å². The van der Waals surface area contributed by atoms with Crippen molar-refractivity contribution in [2.75, 3.05) is 12.3 Å². The van der Waals surface area contributed by atoms with Crippen molar-refractivity contribution in [1.82, 2.24) is 15.2 Å². The molecule has 3 aromatic rings. The maximum absolute atomic E-state index is 12.8. The number of carboxylic acids is 1. The van der Waals surface area contributed by atoms with Gasteiger partial charge in [-0.15, -0.1) is 5.10 Å². The first-order valence-corrected chi connectivity index (χ1v) is 12.1. The lowest BCUT2D eigenvalue weighted by atomic mass is 9.98. The Morgan fingerprint density at radius 1 is 1.22 bits per heavy atom. The molecule has 2 unspecified atom stereocenters. The molecule has 0 saturated carbocycles. The van der Waals surface area contributed by atoms with Crippen LogP contribution in [0.4, 0.5) is 5.13 Å². The number of hydrogen-bond donors (Lipinski definition) is 7. The van der Waals surface area contributed by atoms with Gasteiger partial charge in [-0.3, -0.25) is 4.79 Å². The molecule has 32 heavy (non-hydrogen) atoms. The van der Waals surface area contributed by atoms with Gasteiger partial charge < -0.3 is 16.6 Å². The van der Waals surface area contributed by atoms with E-state index in [4.69, 9.17) is 27.6 Å². The molecule has 0 saturated heterocycles. The second-order valence-electron chi connectivity index (χ2n) is 6.25. The lowest BCUT2D eigenvalue weighted by Gasteiger charge is -2.17. The van der Waals surface area contributed by atoms with E-state index in [-0.39, 0.29) is 34.2 Å². The highest BCUT2D eigenvalue weighted by molar-refractivity contribution is 7.86. The average Bonchev–Trinajstić information content (AvgIpc) is 3.12. The second-order valence-corrected chi connectivity index (χ2v) is 9.58. The van der Waals surface area contributed by atoms with Crippen LogP contribution in [0.1, 0.15) is 12.0 Å². The van der Waals surface area contributed by atoms with Crippen LogP contribution < -0.4 is 32.7 Å². The van der Waals surface area contributed by atoms with Crippen LogP contribution >= 0.6 is 11.3 Å². The molecule has 0 amide bonds. The van der Waals surface area contributed by atoms with Gasteiger partial charge in [-0.25, -0.2) is 34.6 Å². The fourth-order valence-electron chi connectivity index (χ4n) is 3.02. The van der Waals surface area contributed by atoms with E-state index in [1.54, 1.807) is 18.2 Å². The van der Waals surface area contributed by atoms with Crippen molar-refractivity contribution >= 4 is 60.5 Å². The van der Waals surface area contributed by atoms with Crippen molar-refractivity contribution in [3.8, 4) is 11.1 Å². The summed E-state index contributed by atoms with van der Waals surface area (Å²) in [6.07, 6.45) is -0.258. The average molecular weight is 497 g/mol. The first-order valence-electron chi connectivity index (χ1n) is 8.89. The van der Waals surface area contributed by atoms with Crippen LogP contribution in [0.5, 0.6) is 0 Å². The molecule has 1 heterocycles. The summed E-state index contributed by atoms with van der Waals surface area (Å²) in [7, 11) is -4.08. The number of aromatic nitrogens is 1. The molecule has 170 valence electrons. The Labute approximate surface area is 191 Å². The van der Waals surface area contributed by atoms with Gasteiger partial charge in [-0.2, -0.15) is 0 Å². The largest absolute Gasteiger partial charge is 0.481 e. The normalized spacial score (nSPS) is 13.8. The zero-order chi connectivity index (χ0) is 23.4. The number of rotatable bonds is 9. The summed E-state index contributed by atoms with van der Waals surface area (Å²) >= 11 is 1.30. The van der Waals surface area contributed by atoms with Gasteiger partial charge >= 0.3 is 5.97 Å². The Morgan fingerprint density at radius 2 is 1.97 bits per heavy atom. The number of carbonyl (C=O) groups is 1. The predicted molar refractivity (Wildman–Crippen MR) is 125 cm³/mol. The Kier molecular flexibility index (Phi) is 7.49. The number of nitrogen functional groups attached to an aromatic ring is 1. The number of carboxylic acid groups (broad SMARTS) is 1. The fraction of sp³-hybridized carbons (Fsp3) is 0.118. The molecule has 2 aromatic carbocycles. The molecule has 0 aliphatic rings. The Balaban J connectivity index is 2.26. The van der Waals surface area contributed by atoms with Crippen molar-refractivity contribution < 1.29 is 18.3 Å². The van der Waals surface area contributed by atoms with E-state index >= 15 is 0 Å². The maximum atomic E-state index is 12.8. The molecule has 0 bridgehead atoms. The third-order valence-corrected chi connectivity index (χ3v) is 7.27. The number of para-hydroxylation sites is 1. The number of aliphatic carboxylic acids is 1. The van der Waals surface area contributed by atoms with Crippen molar-refractivity contribution in [3.63, 3.8) is 0 Å². The minimum Gasteiger partial charge on any atom is -0.481 e. The molecule has 12 nitrogen and oxygen atoms in total. The molecule has 0 fully saturated rings. The molecular formula is C17H20N8O4S3. The quantitative estimate of drug-likeness (QED) is 0.0891. The Bertz CT molecular complexity index is 1260. The number of nitrogens with zero attached hydrogens (tertiary/aromatic N) is 2. The van der Waals surface area contributed by atoms with Crippen molar-refractivity contribution in [2.24, 2.45) is 21.8 Å². The van der Waals surface area contributed by atoms with Crippen molar-refractivity contribution in [2.45, 2.75) is 16.2 Å². The third kappa shape index (κ3) is 4.93. The van der Waals surface area contributed by atoms with E-state index in [0.717, 1.165) is 4.70 Å². The number of amidine groups is 1. The second kappa shape index (κ2) is 10.1. The zero-order valence-corrected chi connectivity index (χ0v) is 18.9. The van der Waals surface area contributed by atoms with Crippen LogP contribution in [0.15, 0.2) is 45.2 Å². The molecule has 0 spiro atoms. The zero-order valence-electron chi connectivity index (χ0n) is 16.4. The highest BCUT2D eigenvalue weighted by Gasteiger charge is 2.25. The molecular weight excluding hydrogens is 476 g/mol. The predicted octanol–water partition coefficient (Wildman–Crippen LogP) is -0.303. The molecule has 11 N–H and O–H groups in total. The number of benzene rings is 2. The number of thiazole rings is 1. The lowest BCUT2D eigenvalue weighted by Crippen LogP contribution is -2.28. The highest BCUT2D eigenvalue weighted by atomic mass is 32.2. The first-order chi connectivity index (χ1) is 15.2. The minimum absolute atomic E-state index is 0.0413. The van der Waals surface area contributed by atoms with Gasteiger partial charge in [0.1, 0.15) is 22.0 Å². The summed E-state index contributed by atoms with van der Waals surface area (Å²) in [6, 6.07) is 8.51. The molecule has 0 radical (unpaired) electrons. The maximum Gasteiger partial charge on any atom is 0.304 e. The highest BCUT2D eigenvalue weighted by Crippen LogP contribution is 2.37. The smallest absolute Gasteiger partial charge is 0.304 e. The number of hydrogen-bond acceptors (Lipinski definition) is 9. The molecule has 15 heteroatoms. The van der Waals surface area contributed by atoms with Gasteiger partial charge in [0.2, 0.25) is 0 Å². The number of hydrazine groups is 1. The SMILES string of the molecule is NN/N=C(\N)c1c(-c2cccc3sc(N)nc23)ccc(S(=O)NCCC(=O)O)c1S(N)=O. The van der Waals surface area contributed by atoms with E-state index in [1.807, 2.05) is 6.07 Å². The summed E-state index contributed by atoms with van der Waals surface area (Å²) in [4.78, 5) is 15.1. The topological polar surface area (TPSA) is 225 Å². The van der Waals surface area contributed by atoms with Gasteiger partial charge in [-0.05, 0) is 17.7 Å². The Hall–Kier alpha value is -2.95. The van der Waals surface area contributed by atoms with Gasteiger partial charge in [0.25, 0.3) is 0 Å². The fourth-order valence-corrected chi connectivity index (χ4v) is 5.85. The molecule has 2 atom stereocenters. The Morgan fingerprint density at radius 3 is 2.62 bits per heavy atom. The molecule has 0 aliphatic heterocycles. The van der Waals surface area contributed by atoms with E-state index in [9.17, 15) is 13.2 Å². The van der Waals surface area contributed by atoms with Crippen molar-refractivity contribution in [1.29, 1.82) is 0 Å². The lowest BCUT2D eigenvalue weighted by molar-refractivity contribution is -0.136. The summed E-state index contributed by atoms with van der Waals surface area (Å²) in [5, 5.41) is 18.7. The number of nitrogens with one attached hydrogen (secondary N) is 2. The number of anilines is 1. The van der Waals surface area contributed by atoms with Gasteiger partial charge in [0.15, 0.2) is 11.0 Å². The first kappa shape index (κ1) is 23.7. The van der Waals surface area contributed by atoms with Gasteiger partial charge in [-0.1, -0.05) is 29.5 Å². The van der Waals surface area contributed by atoms with Crippen LogP contribution in [-0.4, -0.2) is 36.9 Å². The molecule has 3 rings (SSSR count). The molecule has 1 aromatic heterocycles. The van der Waals surface area contributed by atoms with Crippen molar-refractivity contribution in [3.05, 3.63) is 35.9 Å². The van der Waals surface area contributed by atoms with Crippen LogP contribution in [-0.2, 0) is 26.8 Å². The van der Waals surface area contributed by atoms with E-state index in [1.165, 1.54) is 17.4 Å². The van der Waals surface area contributed by atoms with Crippen LogP contribution in [0, 0.1) is 0 Å². The van der Waals surface area contributed by atoms with Crippen LogP contribution in [0.25, 0.3) is 21.3 Å². The third-order valence-electron chi connectivity index (χ3n) is 4.26. The number of fused-ring (bicyclic) bond motifs is 1. The number of nitrogens with two attached hydrogens (primary N) is 4. The van der Waals surface area contributed by atoms with Crippen LogP contribution in [0.2, 0.25) is 0 Å². The summed E-state index contributed by atoms with van der Waals surface area (Å²) in [6.45, 7) is -0.0823. The monoisotopic (exact) mass is 496 g/mol. The summed E-state index contributed by atoms with van der Waals surface area (Å²) in [5.74, 6) is 4.07. The summed E-state index contributed by atoms with van der Waals surface area (Å²) < 4.78 is 28.8.